The van der Waals surface area contributed by atoms with Crippen LogP contribution in [0.2, 0.25) is 0 Å². The second-order valence-corrected chi connectivity index (χ2v) is 8.10. The number of ether oxygens (including phenoxy) is 1. The highest BCUT2D eigenvalue weighted by atomic mass is 16.5. The van der Waals surface area contributed by atoms with Gasteiger partial charge in [-0.3, -0.25) is 4.79 Å². The quantitative estimate of drug-likeness (QED) is 0.456. The average Bonchev–Trinajstić information content (AvgIpc) is 3.12. The highest BCUT2D eigenvalue weighted by Crippen LogP contribution is 2.32. The molecule has 0 aliphatic rings. The van der Waals surface area contributed by atoms with Gasteiger partial charge in [0.15, 0.2) is 5.65 Å². The van der Waals surface area contributed by atoms with Gasteiger partial charge in [-0.15, -0.1) is 0 Å². The molecule has 0 saturated carbocycles. The molecule has 0 unspecified atom stereocenters. The summed E-state index contributed by atoms with van der Waals surface area (Å²) in [7, 11) is 1.61. The Hall–Kier alpha value is -3.67. The van der Waals surface area contributed by atoms with E-state index in [1.165, 1.54) is 5.56 Å². The Morgan fingerprint density at radius 3 is 2.47 bits per heavy atom. The van der Waals surface area contributed by atoms with Crippen LogP contribution in [-0.4, -0.2) is 27.8 Å². The van der Waals surface area contributed by atoms with Crippen LogP contribution in [0, 0.1) is 27.7 Å². The number of carbonyl (C=O) groups is 1. The van der Waals surface area contributed by atoms with Crippen LogP contribution in [0.5, 0.6) is 5.88 Å². The number of hydrogen-bond acceptors (Lipinski definition) is 4. The van der Waals surface area contributed by atoms with Crippen molar-refractivity contribution in [3.8, 4) is 11.6 Å². The van der Waals surface area contributed by atoms with Crippen LogP contribution in [0.25, 0.3) is 16.7 Å². The van der Waals surface area contributed by atoms with Crippen molar-refractivity contribution >= 4 is 22.6 Å². The lowest BCUT2D eigenvalue weighted by Gasteiger charge is -2.13. The van der Waals surface area contributed by atoms with Crippen LogP contribution in [0.4, 0.5) is 5.69 Å². The van der Waals surface area contributed by atoms with E-state index in [0.717, 1.165) is 44.8 Å². The molecule has 0 fully saturated rings. The lowest BCUT2D eigenvalue weighted by Crippen LogP contribution is -2.13. The van der Waals surface area contributed by atoms with Crippen LogP contribution in [0.1, 0.15) is 34.4 Å². The number of carbonyl (C=O) groups excluding carboxylic acids is 1. The smallest absolute Gasteiger partial charge is 0.224 e. The SMILES string of the molecule is COc1nc2c(c(C)nn2-c2ccccc2)c(C)c1CCC(=O)Nc1ccc(C)c(C)c1. The highest BCUT2D eigenvalue weighted by molar-refractivity contribution is 5.91. The highest BCUT2D eigenvalue weighted by Gasteiger charge is 2.20. The van der Waals surface area contributed by atoms with Crippen molar-refractivity contribution in [3.63, 3.8) is 0 Å². The molecule has 0 spiro atoms. The molecule has 2 heterocycles. The molecule has 164 valence electrons. The third kappa shape index (κ3) is 4.08. The molecule has 6 nitrogen and oxygen atoms in total. The van der Waals surface area contributed by atoms with Gasteiger partial charge in [-0.1, -0.05) is 24.3 Å². The molecule has 0 aliphatic carbocycles. The number of hydrogen-bond donors (Lipinski definition) is 1. The molecule has 4 aromatic rings. The van der Waals surface area contributed by atoms with E-state index in [1.54, 1.807) is 7.11 Å². The number of para-hydroxylation sites is 1. The number of methoxy groups -OCH3 is 1. The fraction of sp³-hybridized carbons (Fsp3) is 0.269. The predicted octanol–water partition coefficient (Wildman–Crippen LogP) is 5.23. The molecule has 0 atom stereocenters. The number of aromatic nitrogens is 3. The van der Waals surface area contributed by atoms with Gasteiger partial charge in [0.25, 0.3) is 0 Å². The molecule has 0 saturated heterocycles. The first kappa shape index (κ1) is 21.6. The van der Waals surface area contributed by atoms with Crippen molar-refractivity contribution in [1.29, 1.82) is 0 Å². The van der Waals surface area contributed by atoms with Crippen LogP contribution >= 0.6 is 0 Å². The Bertz CT molecular complexity index is 1290. The maximum Gasteiger partial charge on any atom is 0.224 e. The lowest BCUT2D eigenvalue weighted by molar-refractivity contribution is -0.116. The summed E-state index contributed by atoms with van der Waals surface area (Å²) in [6, 6.07) is 15.9. The Kier molecular flexibility index (Phi) is 5.95. The number of rotatable bonds is 6. The van der Waals surface area contributed by atoms with Gasteiger partial charge in [0.05, 0.1) is 18.5 Å². The van der Waals surface area contributed by atoms with E-state index in [-0.39, 0.29) is 5.91 Å². The molecule has 32 heavy (non-hydrogen) atoms. The molecule has 6 heteroatoms. The fourth-order valence-corrected chi connectivity index (χ4v) is 4.03. The summed E-state index contributed by atoms with van der Waals surface area (Å²) in [5.41, 5.74) is 7.76. The topological polar surface area (TPSA) is 69.0 Å². The maximum atomic E-state index is 12.6. The van der Waals surface area contributed by atoms with E-state index in [4.69, 9.17) is 14.8 Å². The first-order valence-corrected chi connectivity index (χ1v) is 10.7. The van der Waals surface area contributed by atoms with E-state index >= 15 is 0 Å². The van der Waals surface area contributed by atoms with E-state index in [1.807, 2.05) is 74.0 Å². The molecule has 4 rings (SSSR count). The minimum Gasteiger partial charge on any atom is -0.481 e. The van der Waals surface area contributed by atoms with Crippen molar-refractivity contribution in [2.75, 3.05) is 12.4 Å². The molecule has 0 aliphatic heterocycles. The van der Waals surface area contributed by atoms with Crippen molar-refractivity contribution in [3.05, 3.63) is 76.5 Å². The van der Waals surface area contributed by atoms with Crippen LogP contribution in [0.3, 0.4) is 0 Å². The summed E-state index contributed by atoms with van der Waals surface area (Å²) in [5, 5.41) is 8.72. The van der Waals surface area contributed by atoms with Gasteiger partial charge in [-0.05, 0) is 75.1 Å². The molecule has 0 radical (unpaired) electrons. The maximum absolute atomic E-state index is 12.6. The Balaban J connectivity index is 1.62. The number of benzene rings is 2. The number of nitrogens with zero attached hydrogens (tertiary/aromatic N) is 3. The van der Waals surface area contributed by atoms with Crippen molar-refractivity contribution in [2.24, 2.45) is 0 Å². The normalized spacial score (nSPS) is 11.0. The first-order chi connectivity index (χ1) is 15.4. The predicted molar refractivity (Wildman–Crippen MR) is 128 cm³/mol. The van der Waals surface area contributed by atoms with E-state index in [2.05, 4.69) is 12.2 Å². The Labute approximate surface area is 188 Å². The van der Waals surface area contributed by atoms with E-state index in [9.17, 15) is 4.79 Å². The van der Waals surface area contributed by atoms with Crippen LogP contribution in [-0.2, 0) is 11.2 Å². The summed E-state index contributed by atoms with van der Waals surface area (Å²) in [6.07, 6.45) is 0.869. The number of aryl methyl sites for hydroxylation is 4. The zero-order valence-corrected chi connectivity index (χ0v) is 19.2. The molecule has 2 aromatic carbocycles. The van der Waals surface area contributed by atoms with Crippen molar-refractivity contribution < 1.29 is 9.53 Å². The average molecular weight is 429 g/mol. The zero-order chi connectivity index (χ0) is 22.8. The van der Waals surface area contributed by atoms with Gasteiger partial charge in [0.2, 0.25) is 11.8 Å². The number of anilines is 1. The third-order valence-corrected chi connectivity index (χ3v) is 5.92. The third-order valence-electron chi connectivity index (χ3n) is 5.92. The fourth-order valence-electron chi connectivity index (χ4n) is 4.03. The monoisotopic (exact) mass is 428 g/mol. The van der Waals surface area contributed by atoms with Gasteiger partial charge in [-0.2, -0.15) is 10.1 Å². The summed E-state index contributed by atoms with van der Waals surface area (Å²) in [4.78, 5) is 17.4. The molecule has 1 N–H and O–H groups in total. The molecular formula is C26H28N4O2. The standard InChI is InChI=1S/C26H28N4O2/c1-16-11-12-20(15-17(16)2)27-23(31)14-13-22-18(3)24-19(4)29-30(21-9-7-6-8-10-21)25(24)28-26(22)32-5/h6-12,15H,13-14H2,1-5H3,(H,27,31). The summed E-state index contributed by atoms with van der Waals surface area (Å²) < 4.78 is 7.47. The molecule has 1 amide bonds. The van der Waals surface area contributed by atoms with Crippen molar-refractivity contribution in [2.45, 2.75) is 40.5 Å². The number of pyridine rings is 1. The first-order valence-electron chi connectivity index (χ1n) is 10.7. The second kappa shape index (κ2) is 8.83. The number of amides is 1. The Morgan fingerprint density at radius 1 is 1.03 bits per heavy atom. The van der Waals surface area contributed by atoms with Gasteiger partial charge in [0.1, 0.15) is 0 Å². The molecular weight excluding hydrogens is 400 g/mol. The number of fused-ring (bicyclic) bond motifs is 1. The molecule has 2 aromatic heterocycles. The zero-order valence-electron chi connectivity index (χ0n) is 19.2. The summed E-state index contributed by atoms with van der Waals surface area (Å²) in [6.45, 7) is 8.13. The van der Waals surface area contributed by atoms with Crippen molar-refractivity contribution in [1.82, 2.24) is 14.8 Å². The number of nitrogens with one attached hydrogen (secondary N) is 1. The van der Waals surface area contributed by atoms with Gasteiger partial charge >= 0.3 is 0 Å². The summed E-state index contributed by atoms with van der Waals surface area (Å²) in [5.74, 6) is 0.498. The molecule has 0 bridgehead atoms. The summed E-state index contributed by atoms with van der Waals surface area (Å²) >= 11 is 0. The van der Waals surface area contributed by atoms with Crippen LogP contribution < -0.4 is 10.1 Å². The van der Waals surface area contributed by atoms with E-state index < -0.39 is 0 Å². The van der Waals surface area contributed by atoms with Gasteiger partial charge in [0, 0.05) is 23.1 Å². The minimum absolute atomic E-state index is 0.0356. The van der Waals surface area contributed by atoms with E-state index in [0.29, 0.717) is 18.7 Å². The Morgan fingerprint density at radius 2 is 1.78 bits per heavy atom. The lowest BCUT2D eigenvalue weighted by atomic mass is 10.0. The second-order valence-electron chi connectivity index (χ2n) is 8.10. The minimum atomic E-state index is -0.0356. The van der Waals surface area contributed by atoms with Gasteiger partial charge in [-0.25, -0.2) is 4.68 Å². The van der Waals surface area contributed by atoms with Gasteiger partial charge < -0.3 is 10.1 Å². The largest absolute Gasteiger partial charge is 0.481 e. The van der Waals surface area contributed by atoms with Crippen LogP contribution in [0.15, 0.2) is 48.5 Å².